The van der Waals surface area contributed by atoms with Gasteiger partial charge in [0.1, 0.15) is 17.9 Å². The van der Waals surface area contributed by atoms with Gasteiger partial charge in [-0.3, -0.25) is 14.8 Å². The molecule has 39 heavy (non-hydrogen) atoms. The molecule has 1 aliphatic rings. The van der Waals surface area contributed by atoms with Crippen LogP contribution in [0.4, 0.5) is 0 Å². The molecular formula is C30H33N3O6. The smallest absolute Gasteiger partial charge is 0.352 e. The molecule has 1 unspecified atom stereocenters. The van der Waals surface area contributed by atoms with Gasteiger partial charge in [-0.05, 0) is 23.6 Å². The van der Waals surface area contributed by atoms with Crippen LogP contribution in [0.15, 0.2) is 107 Å². The van der Waals surface area contributed by atoms with Crippen LogP contribution in [0, 0.1) is 6.92 Å². The minimum Gasteiger partial charge on any atom is -0.400 e. The fourth-order valence-corrected chi connectivity index (χ4v) is 4.98. The van der Waals surface area contributed by atoms with E-state index in [-0.39, 0.29) is 13.0 Å². The number of ether oxygens (including phenoxy) is 1. The quantitative estimate of drug-likeness (QED) is 0.269. The van der Waals surface area contributed by atoms with Crippen molar-refractivity contribution in [3.63, 3.8) is 0 Å². The van der Waals surface area contributed by atoms with E-state index in [9.17, 15) is 19.8 Å². The minimum absolute atomic E-state index is 0.115. The van der Waals surface area contributed by atoms with Crippen molar-refractivity contribution in [2.24, 2.45) is 0 Å². The second-order valence-corrected chi connectivity index (χ2v) is 9.22. The van der Waals surface area contributed by atoms with Crippen molar-refractivity contribution in [1.29, 1.82) is 0 Å². The number of nitrogens with one attached hydrogen (secondary N) is 1. The fraction of sp³-hybridized carbons (Fsp3) is 0.267. The summed E-state index contributed by atoms with van der Waals surface area (Å²) in [5, 5.41) is 26.8. The predicted molar refractivity (Wildman–Crippen MR) is 148 cm³/mol. The molecule has 4 aromatic rings. The number of rotatable bonds is 7. The number of benzene rings is 3. The van der Waals surface area contributed by atoms with Crippen LogP contribution in [0.25, 0.3) is 0 Å². The first-order chi connectivity index (χ1) is 19.0. The van der Waals surface area contributed by atoms with E-state index in [1.54, 1.807) is 6.92 Å². The van der Waals surface area contributed by atoms with Gasteiger partial charge in [-0.15, -0.1) is 0 Å². The Morgan fingerprint density at radius 2 is 1.33 bits per heavy atom. The molecule has 1 aliphatic heterocycles. The van der Waals surface area contributed by atoms with E-state index in [1.807, 2.05) is 91.0 Å². The third-order valence-electron chi connectivity index (χ3n) is 6.88. The summed E-state index contributed by atoms with van der Waals surface area (Å²) in [7, 11) is 1.00. The second kappa shape index (κ2) is 12.2. The van der Waals surface area contributed by atoms with Crippen LogP contribution in [0.1, 0.15) is 34.9 Å². The van der Waals surface area contributed by atoms with Crippen molar-refractivity contribution in [3.8, 4) is 0 Å². The average Bonchev–Trinajstić information content (AvgIpc) is 3.38. The molecule has 1 saturated heterocycles. The predicted octanol–water partition coefficient (Wildman–Crippen LogP) is 2.10. The summed E-state index contributed by atoms with van der Waals surface area (Å²) < 4.78 is 8.06. The first-order valence-corrected chi connectivity index (χ1v) is 12.6. The van der Waals surface area contributed by atoms with Crippen molar-refractivity contribution in [3.05, 3.63) is 140 Å². The summed E-state index contributed by atoms with van der Waals surface area (Å²) in [5.74, 6) is 0. The van der Waals surface area contributed by atoms with E-state index in [1.165, 1.54) is 10.8 Å². The molecule has 2 heterocycles. The topological polar surface area (TPSA) is 126 Å². The number of aryl methyl sites for hydroxylation is 1. The van der Waals surface area contributed by atoms with Crippen LogP contribution in [-0.2, 0) is 10.3 Å². The van der Waals surface area contributed by atoms with Gasteiger partial charge in [-0.25, -0.2) is 4.79 Å². The molecule has 204 valence electrons. The van der Waals surface area contributed by atoms with Crippen molar-refractivity contribution >= 4 is 0 Å². The number of nitrogens with zero attached hydrogens (tertiary/aromatic N) is 2. The number of aliphatic hydroxyl groups is 3. The molecule has 1 fully saturated rings. The summed E-state index contributed by atoms with van der Waals surface area (Å²) >= 11 is 0. The van der Waals surface area contributed by atoms with Crippen LogP contribution in [0.5, 0.6) is 0 Å². The SMILES string of the molecule is CO.Cc1cn(C2C[C@H](O)[C@@H](CO)O2)c(=O)n(NC(c2ccccc2)(c2ccccc2)c2ccccc2)c1=O. The Bertz CT molecular complexity index is 1380. The zero-order valence-electron chi connectivity index (χ0n) is 21.8. The molecular weight excluding hydrogens is 498 g/mol. The zero-order valence-corrected chi connectivity index (χ0v) is 21.8. The highest BCUT2D eigenvalue weighted by Gasteiger charge is 2.39. The summed E-state index contributed by atoms with van der Waals surface area (Å²) in [6.07, 6.45) is -0.999. The lowest BCUT2D eigenvalue weighted by atomic mass is 9.77. The van der Waals surface area contributed by atoms with E-state index >= 15 is 0 Å². The van der Waals surface area contributed by atoms with E-state index in [0.29, 0.717) is 5.56 Å². The van der Waals surface area contributed by atoms with Crippen molar-refractivity contribution in [1.82, 2.24) is 9.24 Å². The molecule has 9 heteroatoms. The molecule has 1 aromatic heterocycles. The van der Waals surface area contributed by atoms with Gasteiger partial charge in [0.15, 0.2) is 0 Å². The first-order valence-electron chi connectivity index (χ1n) is 12.6. The maximum Gasteiger partial charge on any atom is 0.352 e. The average molecular weight is 532 g/mol. The number of aliphatic hydroxyl groups excluding tert-OH is 3. The van der Waals surface area contributed by atoms with Crippen molar-refractivity contribution in [2.75, 3.05) is 19.1 Å². The van der Waals surface area contributed by atoms with Gasteiger partial charge in [-0.2, -0.15) is 4.68 Å². The molecule has 0 amide bonds. The Hall–Kier alpha value is -4.02. The van der Waals surface area contributed by atoms with Gasteiger partial charge in [0.2, 0.25) is 0 Å². The van der Waals surface area contributed by atoms with Crippen molar-refractivity contribution in [2.45, 2.75) is 37.3 Å². The largest absolute Gasteiger partial charge is 0.400 e. The van der Waals surface area contributed by atoms with Gasteiger partial charge in [0.05, 0.1) is 12.7 Å². The summed E-state index contributed by atoms with van der Waals surface area (Å²) in [5.41, 5.74) is 3.91. The lowest BCUT2D eigenvalue weighted by Gasteiger charge is -2.37. The third kappa shape index (κ3) is 5.30. The van der Waals surface area contributed by atoms with Crippen molar-refractivity contribution < 1.29 is 20.1 Å². The molecule has 4 N–H and O–H groups in total. The van der Waals surface area contributed by atoms with Crippen LogP contribution >= 0.6 is 0 Å². The van der Waals surface area contributed by atoms with Crippen LogP contribution < -0.4 is 16.7 Å². The Morgan fingerprint density at radius 3 is 1.74 bits per heavy atom. The third-order valence-corrected chi connectivity index (χ3v) is 6.88. The number of hydrogen-bond acceptors (Lipinski definition) is 7. The van der Waals surface area contributed by atoms with Gasteiger partial charge in [0, 0.05) is 25.3 Å². The molecule has 0 saturated carbocycles. The van der Waals surface area contributed by atoms with Gasteiger partial charge in [0.25, 0.3) is 5.56 Å². The molecule has 0 radical (unpaired) electrons. The Labute approximate surface area is 226 Å². The Balaban J connectivity index is 0.00000172. The Kier molecular flexibility index (Phi) is 8.78. The summed E-state index contributed by atoms with van der Waals surface area (Å²) in [6.45, 7) is 1.25. The number of hydrogen-bond donors (Lipinski definition) is 4. The maximum atomic E-state index is 13.8. The van der Waals surface area contributed by atoms with Gasteiger partial charge in [-0.1, -0.05) is 91.0 Å². The summed E-state index contributed by atoms with van der Waals surface area (Å²) in [4.78, 5) is 27.3. The van der Waals surface area contributed by atoms with Gasteiger partial charge >= 0.3 is 5.69 Å². The standard InChI is InChI=1S/C29H29N3O5.CH4O/c1-20-18-31(26-17-24(34)25(19-33)37-26)28(36)32(27(20)35)30-29(21-11-5-2-6-12-21,22-13-7-3-8-14-22)23-15-9-4-10-16-23;1-2/h2-16,18,24-26,30,33-34H,17,19H2,1H3;2H,1H3/t24-,25+,26?;/m0./s1. The molecule has 0 bridgehead atoms. The molecule has 3 aromatic carbocycles. The molecule has 5 rings (SSSR count). The molecule has 0 aliphatic carbocycles. The van der Waals surface area contributed by atoms with E-state index in [0.717, 1.165) is 28.5 Å². The highest BCUT2D eigenvalue weighted by atomic mass is 16.5. The van der Waals surface area contributed by atoms with Crippen LogP contribution in [0.2, 0.25) is 0 Å². The molecule has 9 nitrogen and oxygen atoms in total. The molecule has 0 spiro atoms. The minimum atomic E-state index is -1.10. The maximum absolute atomic E-state index is 13.8. The van der Waals surface area contributed by atoms with Gasteiger partial charge < -0.3 is 20.1 Å². The lowest BCUT2D eigenvalue weighted by molar-refractivity contribution is -0.0463. The lowest BCUT2D eigenvalue weighted by Crippen LogP contribution is -2.54. The summed E-state index contributed by atoms with van der Waals surface area (Å²) in [6, 6.07) is 28.9. The Morgan fingerprint density at radius 1 is 0.872 bits per heavy atom. The van der Waals surface area contributed by atoms with E-state index < -0.39 is 35.2 Å². The first kappa shape index (κ1) is 28.0. The second-order valence-electron chi connectivity index (χ2n) is 9.22. The number of aromatic nitrogens is 2. The van der Waals surface area contributed by atoms with Crippen LogP contribution in [-0.4, -0.2) is 50.5 Å². The van der Waals surface area contributed by atoms with E-state index in [2.05, 4.69) is 5.43 Å². The normalized spacial score (nSPS) is 18.7. The monoisotopic (exact) mass is 531 g/mol. The van der Waals surface area contributed by atoms with Crippen LogP contribution in [0.3, 0.4) is 0 Å². The highest BCUT2D eigenvalue weighted by molar-refractivity contribution is 5.52. The molecule has 3 atom stereocenters. The van der Waals surface area contributed by atoms with E-state index in [4.69, 9.17) is 9.84 Å². The zero-order chi connectivity index (χ0) is 28.0. The fourth-order valence-electron chi connectivity index (χ4n) is 4.98. The highest BCUT2D eigenvalue weighted by Crippen LogP contribution is 2.37.